The number of benzene rings is 1. The van der Waals surface area contributed by atoms with Crippen LogP contribution in [0.3, 0.4) is 0 Å². The van der Waals surface area contributed by atoms with E-state index < -0.39 is 18.0 Å². The summed E-state index contributed by atoms with van der Waals surface area (Å²) in [6.07, 6.45) is 0. The highest BCUT2D eigenvalue weighted by molar-refractivity contribution is 6.30. The van der Waals surface area contributed by atoms with E-state index in [-0.39, 0.29) is 12.0 Å². The summed E-state index contributed by atoms with van der Waals surface area (Å²) in [5.41, 5.74) is 0.886. The van der Waals surface area contributed by atoms with Crippen LogP contribution >= 0.6 is 11.6 Å². The number of hydrogen-bond acceptors (Lipinski definition) is 2. The first-order valence-corrected chi connectivity index (χ1v) is 7.13. The maximum atomic E-state index is 12.2. The lowest BCUT2D eigenvalue weighted by Gasteiger charge is -2.28. The van der Waals surface area contributed by atoms with Gasteiger partial charge in [-0.1, -0.05) is 37.6 Å². The Labute approximate surface area is 129 Å². The lowest BCUT2D eigenvalue weighted by atomic mass is 10.0. The normalized spacial score (nSPS) is 13.6. The van der Waals surface area contributed by atoms with Crippen LogP contribution in [0, 0.1) is 5.92 Å². The van der Waals surface area contributed by atoms with Crippen LogP contribution in [0.5, 0.6) is 0 Å². The monoisotopic (exact) mass is 312 g/mol. The molecule has 0 saturated carbocycles. The second-order valence-electron chi connectivity index (χ2n) is 5.35. The third-order valence-corrected chi connectivity index (χ3v) is 3.68. The zero-order valence-corrected chi connectivity index (χ0v) is 13.4. The predicted octanol–water partition coefficient (Wildman–Crippen LogP) is 3.15. The standard InChI is InChI=1S/C15H21ClN2O3/c1-9(2)13(14(19)20)17-15(21)18(4)10(3)11-6-5-7-12(16)8-11/h5-10,13H,1-4H3,(H,17,21)(H,19,20)/t10?,13-/m0/s1. The van der Waals surface area contributed by atoms with Gasteiger partial charge < -0.3 is 15.3 Å². The van der Waals surface area contributed by atoms with Crippen molar-refractivity contribution in [2.24, 2.45) is 5.92 Å². The van der Waals surface area contributed by atoms with E-state index in [0.717, 1.165) is 5.56 Å². The Morgan fingerprint density at radius 2 is 1.90 bits per heavy atom. The number of nitrogens with zero attached hydrogens (tertiary/aromatic N) is 1. The molecular formula is C15H21ClN2O3. The summed E-state index contributed by atoms with van der Waals surface area (Å²) in [4.78, 5) is 24.8. The molecule has 0 heterocycles. The van der Waals surface area contributed by atoms with Crippen molar-refractivity contribution < 1.29 is 14.7 Å². The van der Waals surface area contributed by atoms with E-state index >= 15 is 0 Å². The fourth-order valence-corrected chi connectivity index (χ4v) is 2.11. The number of carboxylic acids is 1. The number of carbonyl (C=O) groups is 2. The summed E-state index contributed by atoms with van der Waals surface area (Å²) in [7, 11) is 1.63. The number of amides is 2. The Morgan fingerprint density at radius 1 is 1.29 bits per heavy atom. The van der Waals surface area contributed by atoms with Gasteiger partial charge in [-0.15, -0.1) is 0 Å². The predicted molar refractivity (Wildman–Crippen MR) is 82.4 cm³/mol. The van der Waals surface area contributed by atoms with Crippen LogP contribution in [0.4, 0.5) is 4.79 Å². The second-order valence-corrected chi connectivity index (χ2v) is 5.79. The molecule has 0 aliphatic heterocycles. The number of rotatable bonds is 5. The molecule has 5 nitrogen and oxygen atoms in total. The number of aliphatic carboxylic acids is 1. The summed E-state index contributed by atoms with van der Waals surface area (Å²) in [6, 6.07) is 5.68. The topological polar surface area (TPSA) is 69.6 Å². The molecule has 1 aromatic carbocycles. The highest BCUT2D eigenvalue weighted by Crippen LogP contribution is 2.22. The van der Waals surface area contributed by atoms with E-state index in [1.54, 1.807) is 33.0 Å². The number of nitrogens with one attached hydrogen (secondary N) is 1. The average molecular weight is 313 g/mol. The molecule has 0 radical (unpaired) electrons. The third kappa shape index (κ3) is 4.63. The highest BCUT2D eigenvalue weighted by atomic mass is 35.5. The van der Waals surface area contributed by atoms with E-state index in [0.29, 0.717) is 5.02 Å². The number of hydrogen-bond donors (Lipinski definition) is 2. The number of carboxylic acid groups (broad SMARTS) is 1. The lowest BCUT2D eigenvalue weighted by molar-refractivity contribution is -0.140. The number of carbonyl (C=O) groups excluding carboxylic acids is 1. The van der Waals surface area contributed by atoms with Gasteiger partial charge in [0, 0.05) is 12.1 Å². The molecule has 0 aromatic heterocycles. The van der Waals surface area contributed by atoms with Gasteiger partial charge in [-0.3, -0.25) is 0 Å². The minimum absolute atomic E-state index is 0.193. The van der Waals surface area contributed by atoms with Gasteiger partial charge in [-0.05, 0) is 30.5 Å². The second kappa shape index (κ2) is 7.31. The zero-order chi connectivity index (χ0) is 16.2. The molecule has 2 atom stereocenters. The molecule has 0 spiro atoms. The molecule has 0 saturated heterocycles. The Balaban J connectivity index is 2.80. The van der Waals surface area contributed by atoms with Crippen molar-refractivity contribution in [2.45, 2.75) is 32.9 Å². The van der Waals surface area contributed by atoms with Crippen molar-refractivity contribution in [3.8, 4) is 0 Å². The van der Waals surface area contributed by atoms with E-state index in [4.69, 9.17) is 16.7 Å². The summed E-state index contributed by atoms with van der Waals surface area (Å²) in [6.45, 7) is 5.36. The smallest absolute Gasteiger partial charge is 0.326 e. The fraction of sp³-hybridized carbons (Fsp3) is 0.467. The summed E-state index contributed by atoms with van der Waals surface area (Å²) in [5.74, 6) is -1.23. The first-order valence-electron chi connectivity index (χ1n) is 6.75. The molecule has 1 aromatic rings. The number of urea groups is 1. The van der Waals surface area contributed by atoms with Gasteiger partial charge in [-0.25, -0.2) is 9.59 Å². The van der Waals surface area contributed by atoms with E-state index in [9.17, 15) is 9.59 Å². The van der Waals surface area contributed by atoms with Gasteiger partial charge in [-0.2, -0.15) is 0 Å². The van der Waals surface area contributed by atoms with Crippen molar-refractivity contribution >= 4 is 23.6 Å². The van der Waals surface area contributed by atoms with Gasteiger partial charge in [0.2, 0.25) is 0 Å². The van der Waals surface area contributed by atoms with Crippen molar-refractivity contribution in [3.05, 3.63) is 34.9 Å². The first kappa shape index (κ1) is 17.3. The molecule has 21 heavy (non-hydrogen) atoms. The van der Waals surface area contributed by atoms with Crippen LogP contribution < -0.4 is 5.32 Å². The van der Waals surface area contributed by atoms with Crippen LogP contribution in [0.2, 0.25) is 5.02 Å². The van der Waals surface area contributed by atoms with Gasteiger partial charge in [0.25, 0.3) is 0 Å². The third-order valence-electron chi connectivity index (χ3n) is 3.44. The van der Waals surface area contributed by atoms with Crippen LogP contribution in [-0.4, -0.2) is 35.1 Å². The minimum atomic E-state index is -1.04. The highest BCUT2D eigenvalue weighted by Gasteiger charge is 2.26. The average Bonchev–Trinajstić information content (AvgIpc) is 2.42. The van der Waals surface area contributed by atoms with Crippen LogP contribution in [0.15, 0.2) is 24.3 Å². The van der Waals surface area contributed by atoms with Crippen molar-refractivity contribution in [1.29, 1.82) is 0 Å². The molecule has 2 N–H and O–H groups in total. The fourth-order valence-electron chi connectivity index (χ4n) is 1.91. The van der Waals surface area contributed by atoms with Crippen molar-refractivity contribution in [2.75, 3.05) is 7.05 Å². The summed E-state index contributed by atoms with van der Waals surface area (Å²) >= 11 is 5.94. The van der Waals surface area contributed by atoms with Gasteiger partial charge in [0.1, 0.15) is 6.04 Å². The largest absolute Gasteiger partial charge is 0.480 e. The molecule has 1 unspecified atom stereocenters. The van der Waals surface area contributed by atoms with E-state index in [2.05, 4.69) is 5.32 Å². The molecule has 1 rings (SSSR count). The molecule has 0 aliphatic rings. The SMILES string of the molecule is CC(C)[C@H](NC(=O)N(C)C(C)c1cccc(Cl)c1)C(=O)O. The van der Waals surface area contributed by atoms with Gasteiger partial charge in [0.15, 0.2) is 0 Å². The molecular weight excluding hydrogens is 292 g/mol. The summed E-state index contributed by atoms with van der Waals surface area (Å²) in [5, 5.41) is 12.2. The van der Waals surface area contributed by atoms with Gasteiger partial charge in [0.05, 0.1) is 6.04 Å². The quantitative estimate of drug-likeness (QED) is 0.877. The Kier molecular flexibility index (Phi) is 6.03. The van der Waals surface area contributed by atoms with Crippen molar-refractivity contribution in [3.63, 3.8) is 0 Å². The molecule has 116 valence electrons. The first-order chi connectivity index (χ1) is 9.73. The van der Waals surface area contributed by atoms with Gasteiger partial charge >= 0.3 is 12.0 Å². The Bertz CT molecular complexity index is 519. The van der Waals surface area contributed by atoms with Crippen LogP contribution in [0.25, 0.3) is 0 Å². The van der Waals surface area contributed by atoms with E-state index in [1.807, 2.05) is 19.1 Å². The lowest BCUT2D eigenvalue weighted by Crippen LogP contribution is -2.49. The van der Waals surface area contributed by atoms with Crippen LogP contribution in [-0.2, 0) is 4.79 Å². The maximum absolute atomic E-state index is 12.2. The molecule has 2 amide bonds. The molecule has 0 fully saturated rings. The van der Waals surface area contributed by atoms with E-state index in [1.165, 1.54) is 4.90 Å². The number of halogens is 1. The molecule has 6 heteroatoms. The maximum Gasteiger partial charge on any atom is 0.326 e. The Hall–Kier alpha value is -1.75. The summed E-state index contributed by atoms with van der Waals surface area (Å²) < 4.78 is 0. The Morgan fingerprint density at radius 3 is 2.38 bits per heavy atom. The minimum Gasteiger partial charge on any atom is -0.480 e. The molecule has 0 bridgehead atoms. The molecule has 0 aliphatic carbocycles. The van der Waals surface area contributed by atoms with Crippen LogP contribution in [0.1, 0.15) is 32.4 Å². The van der Waals surface area contributed by atoms with Crippen molar-refractivity contribution in [1.82, 2.24) is 10.2 Å². The zero-order valence-electron chi connectivity index (χ0n) is 12.6.